The number of rotatable bonds is 10. The van der Waals surface area contributed by atoms with Crippen molar-refractivity contribution in [2.24, 2.45) is 0 Å². The molecule has 2 aromatic heterocycles. The van der Waals surface area contributed by atoms with Crippen molar-refractivity contribution in [3.05, 3.63) is 52.1 Å². The summed E-state index contributed by atoms with van der Waals surface area (Å²) in [6.07, 6.45) is -0.199. The zero-order valence-electron chi connectivity index (χ0n) is 20.6. The van der Waals surface area contributed by atoms with Crippen LogP contribution < -0.4 is 21.9 Å². The van der Waals surface area contributed by atoms with Crippen molar-refractivity contribution in [3.8, 4) is 0 Å². The van der Waals surface area contributed by atoms with Crippen LogP contribution in [-0.4, -0.2) is 70.8 Å². The number of nitrogens with zero attached hydrogens (tertiary/aromatic N) is 4. The number of carboxylic acid groups (broad SMARTS) is 1. The fourth-order valence-corrected chi connectivity index (χ4v) is 3.70. The first-order valence-corrected chi connectivity index (χ1v) is 11.8. The molecule has 1 fully saturated rings. The highest BCUT2D eigenvalue weighted by Crippen LogP contribution is 2.21. The minimum atomic E-state index is -2.11. The van der Waals surface area contributed by atoms with Gasteiger partial charge in [-0.1, -0.05) is 0 Å². The normalized spacial score (nSPS) is 15.0. The number of fused-ring (bicyclic) bond motifs is 1. The lowest BCUT2D eigenvalue weighted by Gasteiger charge is -2.17. The van der Waals surface area contributed by atoms with Crippen LogP contribution in [0.25, 0.3) is 11.2 Å². The number of hydrogen-bond donors (Lipinski definition) is 6. The lowest BCUT2D eigenvalue weighted by molar-refractivity contribution is -1.12. The third-order valence-electron chi connectivity index (χ3n) is 5.81. The van der Waals surface area contributed by atoms with Gasteiger partial charge in [0.15, 0.2) is 11.2 Å². The molecule has 1 unspecified atom stereocenters. The SMILES string of the molecule is Nc1nc2ncc(CNc3ccc(C(=O)NC(CCC(=O)O[N+]4(O)C(=O)CCC4=O)C(=O)O)cc3)nc2c(=O)[nH]1. The number of hydrogen-bond acceptors (Lipinski definition) is 13. The molecule has 0 aliphatic carbocycles. The smallest absolute Gasteiger partial charge is 0.397 e. The molecule has 1 atom stereocenters. The van der Waals surface area contributed by atoms with Crippen LogP contribution in [0.1, 0.15) is 41.7 Å². The minimum Gasteiger partial charge on any atom is -0.480 e. The number of imide groups is 1. The van der Waals surface area contributed by atoms with Crippen molar-refractivity contribution in [2.75, 3.05) is 11.1 Å². The van der Waals surface area contributed by atoms with E-state index in [1.807, 2.05) is 0 Å². The molecule has 3 amide bonds. The number of anilines is 2. The second-order valence-electron chi connectivity index (χ2n) is 8.65. The summed E-state index contributed by atoms with van der Waals surface area (Å²) >= 11 is 0. The number of benzene rings is 1. The number of aliphatic carboxylic acids is 1. The van der Waals surface area contributed by atoms with E-state index in [1.54, 1.807) is 12.1 Å². The van der Waals surface area contributed by atoms with Gasteiger partial charge in [0.25, 0.3) is 11.5 Å². The number of aromatic nitrogens is 4. The molecule has 0 spiro atoms. The largest absolute Gasteiger partial charge is 0.480 e. The Labute approximate surface area is 223 Å². The molecule has 1 aliphatic rings. The summed E-state index contributed by atoms with van der Waals surface area (Å²) in [6.45, 7) is 0.181. The topological polar surface area (TPSA) is 257 Å². The molecular formula is C23H23N8O9+. The summed E-state index contributed by atoms with van der Waals surface area (Å²) in [5.74, 6) is -5.47. The van der Waals surface area contributed by atoms with E-state index in [2.05, 4.69) is 35.4 Å². The van der Waals surface area contributed by atoms with Crippen molar-refractivity contribution in [3.63, 3.8) is 0 Å². The molecule has 0 saturated carbocycles. The van der Waals surface area contributed by atoms with Gasteiger partial charge in [0, 0.05) is 11.3 Å². The van der Waals surface area contributed by atoms with E-state index in [0.717, 1.165) is 0 Å². The van der Waals surface area contributed by atoms with Crippen LogP contribution in [-0.2, 0) is 30.6 Å². The molecule has 40 heavy (non-hydrogen) atoms. The average molecular weight is 555 g/mol. The van der Waals surface area contributed by atoms with E-state index >= 15 is 0 Å². The van der Waals surface area contributed by atoms with Crippen LogP contribution in [0.5, 0.6) is 0 Å². The van der Waals surface area contributed by atoms with Crippen molar-refractivity contribution in [1.29, 1.82) is 0 Å². The minimum absolute atomic E-state index is 0.0252. The summed E-state index contributed by atoms with van der Waals surface area (Å²) < 4.78 is 0. The van der Waals surface area contributed by atoms with Gasteiger partial charge in [-0.2, -0.15) is 10.2 Å². The second-order valence-corrected chi connectivity index (χ2v) is 8.65. The van der Waals surface area contributed by atoms with E-state index in [1.165, 1.54) is 18.3 Å². The van der Waals surface area contributed by atoms with Gasteiger partial charge in [0.1, 0.15) is 10.9 Å². The molecule has 7 N–H and O–H groups in total. The van der Waals surface area contributed by atoms with E-state index in [4.69, 9.17) is 5.73 Å². The maximum Gasteiger partial charge on any atom is 0.397 e. The highest BCUT2D eigenvalue weighted by atomic mass is 17.0. The summed E-state index contributed by atoms with van der Waals surface area (Å²) in [4.78, 5) is 88.4. The number of carbonyl (C=O) groups excluding carboxylic acids is 4. The van der Waals surface area contributed by atoms with Gasteiger partial charge in [0.05, 0.1) is 37.7 Å². The average Bonchev–Trinajstić information content (AvgIpc) is 3.16. The van der Waals surface area contributed by atoms with Crippen LogP contribution in [0.3, 0.4) is 0 Å². The van der Waals surface area contributed by atoms with Crippen molar-refractivity contribution < 1.29 is 43.9 Å². The monoisotopic (exact) mass is 555 g/mol. The Kier molecular flexibility index (Phi) is 7.78. The number of nitrogen functional groups attached to an aromatic ring is 1. The predicted octanol–water partition coefficient (Wildman–Crippen LogP) is -0.618. The van der Waals surface area contributed by atoms with Gasteiger partial charge in [-0.15, -0.1) is 0 Å². The maximum absolute atomic E-state index is 12.6. The number of nitrogens with two attached hydrogens (primary N) is 1. The van der Waals surface area contributed by atoms with E-state index < -0.39 is 58.9 Å². The first-order valence-electron chi connectivity index (χ1n) is 11.8. The predicted molar refractivity (Wildman–Crippen MR) is 132 cm³/mol. The Hall–Kier alpha value is -5.29. The summed E-state index contributed by atoms with van der Waals surface area (Å²) in [6, 6.07) is 4.46. The zero-order valence-corrected chi connectivity index (χ0v) is 20.6. The fourth-order valence-electron chi connectivity index (χ4n) is 3.70. The van der Waals surface area contributed by atoms with Gasteiger partial charge >= 0.3 is 23.8 Å². The highest BCUT2D eigenvalue weighted by Gasteiger charge is 2.55. The lowest BCUT2D eigenvalue weighted by Crippen LogP contribution is -2.50. The van der Waals surface area contributed by atoms with Crippen LogP contribution >= 0.6 is 0 Å². The zero-order chi connectivity index (χ0) is 29.0. The summed E-state index contributed by atoms with van der Waals surface area (Å²) in [5, 5.41) is 24.7. The number of hydroxylamine groups is 4. The molecule has 3 heterocycles. The Morgan fingerprint density at radius 3 is 2.42 bits per heavy atom. The Morgan fingerprint density at radius 1 is 1.10 bits per heavy atom. The Morgan fingerprint density at radius 2 is 1.77 bits per heavy atom. The lowest BCUT2D eigenvalue weighted by atomic mass is 10.1. The molecule has 17 heteroatoms. The number of carboxylic acids is 1. The third-order valence-corrected chi connectivity index (χ3v) is 5.81. The quantitative estimate of drug-likeness (QED) is 0.104. The van der Waals surface area contributed by atoms with Crippen molar-refractivity contribution in [1.82, 2.24) is 25.3 Å². The molecule has 0 radical (unpaired) electrons. The number of nitrogens with one attached hydrogen (secondary N) is 3. The molecule has 208 valence electrons. The molecular weight excluding hydrogens is 532 g/mol. The molecule has 4 rings (SSSR count). The van der Waals surface area contributed by atoms with Crippen molar-refractivity contribution >= 4 is 52.5 Å². The summed E-state index contributed by atoms with van der Waals surface area (Å²) in [7, 11) is 0. The molecule has 0 bridgehead atoms. The van der Waals surface area contributed by atoms with Crippen LogP contribution in [0.15, 0.2) is 35.3 Å². The maximum atomic E-state index is 12.6. The molecule has 1 saturated heterocycles. The number of aromatic amines is 1. The molecule has 1 aromatic carbocycles. The van der Waals surface area contributed by atoms with E-state index in [9.17, 15) is 39.1 Å². The van der Waals surface area contributed by atoms with Gasteiger partial charge in [-0.3, -0.25) is 14.6 Å². The van der Waals surface area contributed by atoms with Crippen LogP contribution in [0, 0.1) is 0 Å². The second kappa shape index (κ2) is 11.2. The Balaban J connectivity index is 1.31. The number of carbonyl (C=O) groups is 5. The van der Waals surface area contributed by atoms with Gasteiger partial charge < -0.3 is 21.5 Å². The van der Waals surface area contributed by atoms with Crippen molar-refractivity contribution in [2.45, 2.75) is 38.3 Å². The molecule has 3 aromatic rings. The number of amides is 3. The molecule has 17 nitrogen and oxygen atoms in total. The van der Waals surface area contributed by atoms with Crippen LogP contribution in [0.2, 0.25) is 0 Å². The first kappa shape index (κ1) is 27.7. The fraction of sp³-hybridized carbons (Fsp3) is 0.261. The van der Waals surface area contributed by atoms with E-state index in [0.29, 0.717) is 11.4 Å². The number of H-pyrrole nitrogens is 1. The first-order chi connectivity index (χ1) is 19.0. The third kappa shape index (κ3) is 6.05. The van der Waals surface area contributed by atoms with Gasteiger partial charge in [-0.25, -0.2) is 34.0 Å². The number of quaternary nitrogens is 1. The van der Waals surface area contributed by atoms with Crippen LogP contribution in [0.4, 0.5) is 11.6 Å². The standard InChI is InChI=1S/C23H22N8O9/c24-23-29-19-18(21(36)30-23)27-13(10-26-19)9-25-12-3-1-11(2-4-12)20(35)28-14(22(37)38)5-8-17(34)40-31(39)15(32)6-7-16(31)33/h1-4,10,14,39H,5-9H2,(H5-,24,25,26,28,29,30,35,36,37,38)/p+1. The highest BCUT2D eigenvalue weighted by molar-refractivity contribution is 5.97. The van der Waals surface area contributed by atoms with Gasteiger partial charge in [0.2, 0.25) is 5.95 Å². The van der Waals surface area contributed by atoms with Gasteiger partial charge in [-0.05, 0) is 30.7 Å². The van der Waals surface area contributed by atoms with E-state index in [-0.39, 0.29) is 42.1 Å². The molecule has 1 aliphatic heterocycles. The summed E-state index contributed by atoms with van der Waals surface area (Å²) in [5.41, 5.74) is 6.21. The Bertz CT molecular complexity index is 1550.